The number of nitrogens with zero attached hydrogens (tertiary/aromatic N) is 5. The molecule has 25 heavy (non-hydrogen) atoms. The molecule has 6 heteroatoms. The van der Waals surface area contributed by atoms with Crippen LogP contribution < -0.4 is 9.80 Å². The highest BCUT2D eigenvalue weighted by Gasteiger charge is 2.24. The molecule has 3 aliphatic rings. The number of aryl methyl sites for hydroxylation is 1. The van der Waals surface area contributed by atoms with E-state index in [0.717, 1.165) is 69.9 Å². The molecule has 0 radical (unpaired) electrons. The molecule has 0 spiro atoms. The normalized spacial score (nSPS) is 25.6. The Bertz CT molecular complexity index is 561. The number of ether oxygens (including phenoxy) is 1. The maximum atomic E-state index is 5.90. The molecule has 1 unspecified atom stereocenters. The predicted molar refractivity (Wildman–Crippen MR) is 100 cm³/mol. The van der Waals surface area contributed by atoms with Gasteiger partial charge in [-0.3, -0.25) is 4.90 Å². The van der Waals surface area contributed by atoms with E-state index >= 15 is 0 Å². The monoisotopic (exact) mass is 345 g/mol. The van der Waals surface area contributed by atoms with Gasteiger partial charge in [-0.25, -0.2) is 4.98 Å². The Morgan fingerprint density at radius 3 is 2.48 bits per heavy atom. The first-order valence-electron chi connectivity index (χ1n) is 9.97. The van der Waals surface area contributed by atoms with Crippen molar-refractivity contribution in [3.63, 3.8) is 0 Å². The zero-order chi connectivity index (χ0) is 17.1. The van der Waals surface area contributed by atoms with Gasteiger partial charge in [0.2, 0.25) is 5.95 Å². The molecule has 1 atom stereocenters. The van der Waals surface area contributed by atoms with Gasteiger partial charge in [0.1, 0.15) is 5.82 Å². The number of hydrogen-bond donors (Lipinski definition) is 0. The van der Waals surface area contributed by atoms with Crippen LogP contribution in [0.25, 0.3) is 0 Å². The Morgan fingerprint density at radius 2 is 1.76 bits per heavy atom. The predicted octanol–water partition coefficient (Wildman–Crippen LogP) is 2.08. The first-order valence-corrected chi connectivity index (χ1v) is 9.97. The second kappa shape index (κ2) is 7.87. The molecule has 0 N–H and O–H groups in total. The number of anilines is 2. The van der Waals surface area contributed by atoms with Crippen LogP contribution in [0.3, 0.4) is 0 Å². The average Bonchev–Trinajstić information content (AvgIpc) is 3.17. The molecule has 0 amide bonds. The SMILES string of the molecule is Cc1cc(N2CCCC2)nc(N2CCN(CC3CCCCO3)CC2)n1. The summed E-state index contributed by atoms with van der Waals surface area (Å²) >= 11 is 0. The smallest absolute Gasteiger partial charge is 0.227 e. The largest absolute Gasteiger partial charge is 0.377 e. The Labute approximate surface area is 151 Å². The van der Waals surface area contributed by atoms with Crippen molar-refractivity contribution in [1.29, 1.82) is 0 Å². The molecule has 1 aromatic rings. The minimum atomic E-state index is 0.442. The third-order valence-electron chi connectivity index (χ3n) is 5.65. The van der Waals surface area contributed by atoms with Crippen molar-refractivity contribution in [3.05, 3.63) is 11.8 Å². The lowest BCUT2D eigenvalue weighted by atomic mass is 10.1. The van der Waals surface area contributed by atoms with Crippen LogP contribution in [-0.2, 0) is 4.74 Å². The standard InChI is InChI=1S/C19H31N5O/c1-16-14-18(23-7-3-4-8-23)21-19(20-16)24-11-9-22(10-12-24)15-17-6-2-5-13-25-17/h14,17H,2-13,15H2,1H3. The lowest BCUT2D eigenvalue weighted by Crippen LogP contribution is -2.49. The summed E-state index contributed by atoms with van der Waals surface area (Å²) in [5, 5.41) is 0. The van der Waals surface area contributed by atoms with Crippen molar-refractivity contribution in [1.82, 2.24) is 14.9 Å². The summed E-state index contributed by atoms with van der Waals surface area (Å²) < 4.78 is 5.90. The van der Waals surface area contributed by atoms with E-state index < -0.39 is 0 Å². The van der Waals surface area contributed by atoms with Gasteiger partial charge in [-0.05, 0) is 39.0 Å². The molecule has 0 bridgehead atoms. The van der Waals surface area contributed by atoms with Gasteiger partial charge in [0.25, 0.3) is 0 Å². The molecule has 3 aliphatic heterocycles. The summed E-state index contributed by atoms with van der Waals surface area (Å²) in [6.45, 7) is 10.6. The van der Waals surface area contributed by atoms with E-state index in [2.05, 4.69) is 27.7 Å². The van der Waals surface area contributed by atoms with Crippen molar-refractivity contribution in [2.75, 3.05) is 62.2 Å². The van der Waals surface area contributed by atoms with Crippen LogP contribution in [0.4, 0.5) is 11.8 Å². The van der Waals surface area contributed by atoms with Crippen LogP contribution in [0, 0.1) is 6.92 Å². The van der Waals surface area contributed by atoms with Gasteiger partial charge in [0, 0.05) is 64.2 Å². The molecule has 3 fully saturated rings. The molecule has 1 aromatic heterocycles. The fourth-order valence-electron chi connectivity index (χ4n) is 4.16. The van der Waals surface area contributed by atoms with Crippen LogP contribution in [0.5, 0.6) is 0 Å². The first kappa shape index (κ1) is 17.0. The van der Waals surface area contributed by atoms with Gasteiger partial charge < -0.3 is 14.5 Å². The number of aromatic nitrogens is 2. The van der Waals surface area contributed by atoms with E-state index in [1.807, 2.05) is 0 Å². The Morgan fingerprint density at radius 1 is 0.960 bits per heavy atom. The van der Waals surface area contributed by atoms with E-state index in [1.165, 1.54) is 32.1 Å². The molecule has 6 nitrogen and oxygen atoms in total. The van der Waals surface area contributed by atoms with E-state index in [-0.39, 0.29) is 0 Å². The van der Waals surface area contributed by atoms with Gasteiger partial charge >= 0.3 is 0 Å². The lowest BCUT2D eigenvalue weighted by molar-refractivity contribution is -0.00648. The van der Waals surface area contributed by atoms with Crippen molar-refractivity contribution < 1.29 is 4.74 Å². The molecule has 3 saturated heterocycles. The van der Waals surface area contributed by atoms with Crippen molar-refractivity contribution >= 4 is 11.8 Å². The third-order valence-corrected chi connectivity index (χ3v) is 5.65. The quantitative estimate of drug-likeness (QED) is 0.832. The van der Waals surface area contributed by atoms with Gasteiger partial charge in [0.05, 0.1) is 6.10 Å². The van der Waals surface area contributed by atoms with Crippen LogP contribution in [-0.4, -0.2) is 73.4 Å². The second-order valence-electron chi connectivity index (χ2n) is 7.64. The zero-order valence-electron chi connectivity index (χ0n) is 15.5. The highest BCUT2D eigenvalue weighted by molar-refractivity contribution is 5.46. The summed E-state index contributed by atoms with van der Waals surface area (Å²) in [6.07, 6.45) is 6.77. The summed E-state index contributed by atoms with van der Waals surface area (Å²) in [5.74, 6) is 2.02. The molecule has 4 rings (SSSR count). The fourth-order valence-corrected chi connectivity index (χ4v) is 4.16. The van der Waals surface area contributed by atoms with Crippen LogP contribution in [0.15, 0.2) is 6.07 Å². The van der Waals surface area contributed by atoms with Gasteiger partial charge in [-0.1, -0.05) is 0 Å². The van der Waals surface area contributed by atoms with Crippen LogP contribution in [0.1, 0.15) is 37.8 Å². The maximum Gasteiger partial charge on any atom is 0.227 e. The summed E-state index contributed by atoms with van der Waals surface area (Å²) in [4.78, 5) is 16.9. The highest BCUT2D eigenvalue weighted by Crippen LogP contribution is 2.22. The number of rotatable bonds is 4. The van der Waals surface area contributed by atoms with E-state index in [4.69, 9.17) is 14.7 Å². The molecule has 138 valence electrons. The molecule has 0 aromatic carbocycles. The summed E-state index contributed by atoms with van der Waals surface area (Å²) in [5.41, 5.74) is 1.07. The molecule has 0 aliphatic carbocycles. The van der Waals surface area contributed by atoms with Crippen LogP contribution >= 0.6 is 0 Å². The van der Waals surface area contributed by atoms with E-state index in [9.17, 15) is 0 Å². The van der Waals surface area contributed by atoms with E-state index in [0.29, 0.717) is 6.10 Å². The molecule has 0 saturated carbocycles. The maximum absolute atomic E-state index is 5.90. The zero-order valence-corrected chi connectivity index (χ0v) is 15.5. The summed E-state index contributed by atoms with van der Waals surface area (Å²) in [6, 6.07) is 2.13. The topological polar surface area (TPSA) is 44.7 Å². The summed E-state index contributed by atoms with van der Waals surface area (Å²) in [7, 11) is 0. The van der Waals surface area contributed by atoms with Gasteiger partial charge in [0.15, 0.2) is 0 Å². The fraction of sp³-hybridized carbons (Fsp3) is 0.789. The number of piperazine rings is 1. The third kappa shape index (κ3) is 4.23. The van der Waals surface area contributed by atoms with Crippen molar-refractivity contribution in [2.45, 2.75) is 45.1 Å². The average molecular weight is 345 g/mol. The van der Waals surface area contributed by atoms with Crippen molar-refractivity contribution in [3.8, 4) is 0 Å². The molecule has 4 heterocycles. The van der Waals surface area contributed by atoms with E-state index in [1.54, 1.807) is 0 Å². The minimum absolute atomic E-state index is 0.442. The lowest BCUT2D eigenvalue weighted by Gasteiger charge is -2.37. The van der Waals surface area contributed by atoms with Gasteiger partial charge in [-0.2, -0.15) is 4.98 Å². The second-order valence-corrected chi connectivity index (χ2v) is 7.64. The Kier molecular flexibility index (Phi) is 5.36. The van der Waals surface area contributed by atoms with Gasteiger partial charge in [-0.15, -0.1) is 0 Å². The molecular formula is C19H31N5O. The van der Waals surface area contributed by atoms with Crippen LogP contribution in [0.2, 0.25) is 0 Å². The number of hydrogen-bond acceptors (Lipinski definition) is 6. The minimum Gasteiger partial charge on any atom is -0.377 e. The highest BCUT2D eigenvalue weighted by atomic mass is 16.5. The Hall–Kier alpha value is -1.40. The first-order chi connectivity index (χ1) is 12.3. The van der Waals surface area contributed by atoms with Crippen molar-refractivity contribution in [2.24, 2.45) is 0 Å². The molecular weight excluding hydrogens is 314 g/mol. The Balaban J connectivity index is 1.35.